The molecule has 0 saturated carbocycles. The third-order valence-electron chi connectivity index (χ3n) is 3.50. The van der Waals surface area contributed by atoms with Gasteiger partial charge in [-0.3, -0.25) is 14.4 Å². The van der Waals surface area contributed by atoms with Crippen molar-refractivity contribution in [1.82, 2.24) is 0 Å². The molecule has 0 aliphatic heterocycles. The second-order valence-electron chi connectivity index (χ2n) is 5.89. The highest BCUT2D eigenvalue weighted by Gasteiger charge is 2.19. The molecule has 0 spiro atoms. The second-order valence-corrected chi connectivity index (χ2v) is 5.89. The predicted octanol–water partition coefficient (Wildman–Crippen LogP) is 3.12. The monoisotopic (exact) mass is 306 g/mol. The molecular weight excluding hydrogens is 284 g/mol. The highest BCUT2D eigenvalue weighted by Crippen LogP contribution is 2.23. The third kappa shape index (κ3) is 4.98. The second kappa shape index (κ2) is 7.73. The molecule has 0 amide bonds. The Hall–Kier alpha value is -2.17. The molecule has 0 saturated heterocycles. The van der Waals surface area contributed by atoms with Crippen LogP contribution in [0.2, 0.25) is 0 Å². The van der Waals surface area contributed by atoms with Crippen LogP contribution < -0.4 is 0 Å². The van der Waals surface area contributed by atoms with Crippen molar-refractivity contribution in [2.75, 3.05) is 0 Å². The molecule has 120 valence electrons. The van der Waals surface area contributed by atoms with Crippen LogP contribution in [0.25, 0.3) is 0 Å². The van der Waals surface area contributed by atoms with Gasteiger partial charge in [-0.1, -0.05) is 26.0 Å². The summed E-state index contributed by atoms with van der Waals surface area (Å²) in [5.74, 6) is -2.60. The van der Waals surface area contributed by atoms with E-state index in [0.29, 0.717) is 23.5 Å². The van der Waals surface area contributed by atoms with Crippen LogP contribution >= 0.6 is 0 Å². The van der Waals surface area contributed by atoms with Gasteiger partial charge in [0.2, 0.25) is 0 Å². The van der Waals surface area contributed by atoms with Crippen molar-refractivity contribution in [3.8, 4) is 0 Å². The van der Waals surface area contributed by atoms with Gasteiger partial charge in [-0.15, -0.1) is 0 Å². The minimum absolute atomic E-state index is 0.0780. The van der Waals surface area contributed by atoms with Crippen LogP contribution in [-0.2, 0) is 16.0 Å². The van der Waals surface area contributed by atoms with Crippen LogP contribution in [0.3, 0.4) is 0 Å². The van der Waals surface area contributed by atoms with Gasteiger partial charge in [0.1, 0.15) is 0 Å². The average Bonchev–Trinajstić information content (AvgIpc) is 2.43. The first-order valence-electron chi connectivity index (χ1n) is 7.33. The van der Waals surface area contributed by atoms with Gasteiger partial charge in [-0.05, 0) is 36.5 Å². The molecule has 1 unspecified atom stereocenters. The molecular formula is C17H22O5. The topological polar surface area (TPSA) is 91.7 Å². The first kappa shape index (κ1) is 17.9. The number of ketones is 1. The predicted molar refractivity (Wildman–Crippen MR) is 82.2 cm³/mol. The fourth-order valence-electron chi connectivity index (χ4n) is 2.24. The summed E-state index contributed by atoms with van der Waals surface area (Å²) < 4.78 is 0. The number of aliphatic carboxylic acids is 2. The quantitative estimate of drug-likeness (QED) is 0.720. The summed E-state index contributed by atoms with van der Waals surface area (Å²) in [5.41, 5.74) is 1.84. The number of carbonyl (C=O) groups is 3. The standard InChI is InChI=1S/C17H22O5/c1-10(2)8-13-5-4-12(11(3)17(21)22)9-14(13)15(18)6-7-16(19)20/h4-5,9-11H,6-8H2,1-3H3,(H,19,20)(H,21,22). The van der Waals surface area contributed by atoms with E-state index >= 15 is 0 Å². The van der Waals surface area contributed by atoms with Crippen LogP contribution in [0.4, 0.5) is 0 Å². The smallest absolute Gasteiger partial charge is 0.310 e. The maximum atomic E-state index is 12.3. The van der Waals surface area contributed by atoms with Gasteiger partial charge < -0.3 is 10.2 Å². The van der Waals surface area contributed by atoms with Crippen LogP contribution in [0.5, 0.6) is 0 Å². The minimum atomic E-state index is -1.02. The molecule has 1 aromatic carbocycles. The van der Waals surface area contributed by atoms with E-state index in [1.165, 1.54) is 0 Å². The number of Topliss-reactive ketones (excluding diaryl/α,β-unsaturated/α-hetero) is 1. The Morgan fingerprint density at radius 3 is 2.18 bits per heavy atom. The molecule has 5 heteroatoms. The van der Waals surface area contributed by atoms with E-state index in [1.54, 1.807) is 25.1 Å². The van der Waals surface area contributed by atoms with Crippen molar-refractivity contribution in [1.29, 1.82) is 0 Å². The number of benzene rings is 1. The lowest BCUT2D eigenvalue weighted by Crippen LogP contribution is -2.12. The Morgan fingerprint density at radius 1 is 1.05 bits per heavy atom. The van der Waals surface area contributed by atoms with Gasteiger partial charge in [0, 0.05) is 12.0 Å². The molecule has 0 aromatic heterocycles. The Morgan fingerprint density at radius 2 is 1.68 bits per heavy atom. The highest BCUT2D eigenvalue weighted by molar-refractivity contribution is 5.99. The van der Waals surface area contributed by atoms with Crippen molar-refractivity contribution >= 4 is 17.7 Å². The number of rotatable bonds is 8. The molecule has 0 bridgehead atoms. The van der Waals surface area contributed by atoms with Crippen molar-refractivity contribution in [2.45, 2.75) is 46.0 Å². The Kier molecular flexibility index (Phi) is 6.28. The normalized spacial score (nSPS) is 12.2. The van der Waals surface area contributed by atoms with Gasteiger partial charge in [0.05, 0.1) is 12.3 Å². The van der Waals surface area contributed by atoms with Crippen LogP contribution in [-0.4, -0.2) is 27.9 Å². The lowest BCUT2D eigenvalue weighted by molar-refractivity contribution is -0.138. The first-order chi connectivity index (χ1) is 10.2. The van der Waals surface area contributed by atoms with Crippen molar-refractivity contribution in [2.24, 2.45) is 5.92 Å². The molecule has 0 aliphatic rings. The number of carbonyl (C=O) groups excluding carboxylic acids is 1. The minimum Gasteiger partial charge on any atom is -0.481 e. The number of hydrogen-bond acceptors (Lipinski definition) is 3. The Labute approximate surface area is 130 Å². The summed E-state index contributed by atoms with van der Waals surface area (Å²) in [6.45, 7) is 5.61. The van der Waals surface area contributed by atoms with Crippen molar-refractivity contribution in [3.63, 3.8) is 0 Å². The number of hydrogen-bond donors (Lipinski definition) is 2. The summed E-state index contributed by atoms with van der Waals surface area (Å²) in [6.07, 6.45) is 0.389. The lowest BCUT2D eigenvalue weighted by atomic mass is 9.89. The fraction of sp³-hybridized carbons (Fsp3) is 0.471. The fourth-order valence-corrected chi connectivity index (χ4v) is 2.24. The van der Waals surface area contributed by atoms with Gasteiger partial charge in [-0.2, -0.15) is 0 Å². The zero-order valence-corrected chi connectivity index (χ0v) is 13.1. The van der Waals surface area contributed by atoms with E-state index in [1.807, 2.05) is 13.8 Å². The first-order valence-corrected chi connectivity index (χ1v) is 7.33. The average molecular weight is 306 g/mol. The largest absolute Gasteiger partial charge is 0.481 e. The zero-order valence-electron chi connectivity index (χ0n) is 13.1. The molecule has 1 aromatic rings. The Bertz CT molecular complexity index is 574. The van der Waals surface area contributed by atoms with Gasteiger partial charge >= 0.3 is 11.9 Å². The van der Waals surface area contributed by atoms with E-state index < -0.39 is 17.9 Å². The van der Waals surface area contributed by atoms with Crippen LogP contribution in [0.15, 0.2) is 18.2 Å². The highest BCUT2D eigenvalue weighted by atomic mass is 16.4. The molecule has 2 N–H and O–H groups in total. The number of carboxylic acids is 2. The van der Waals surface area contributed by atoms with E-state index in [-0.39, 0.29) is 18.6 Å². The van der Waals surface area contributed by atoms with E-state index in [2.05, 4.69) is 0 Å². The maximum Gasteiger partial charge on any atom is 0.310 e. The summed E-state index contributed by atoms with van der Waals surface area (Å²) in [5, 5.41) is 17.8. The molecule has 0 heterocycles. The lowest BCUT2D eigenvalue weighted by Gasteiger charge is -2.14. The maximum absolute atomic E-state index is 12.3. The van der Waals surface area contributed by atoms with Crippen LogP contribution in [0, 0.1) is 5.92 Å². The Balaban J connectivity index is 3.16. The molecule has 0 aliphatic carbocycles. The third-order valence-corrected chi connectivity index (χ3v) is 3.50. The molecule has 1 rings (SSSR count). The number of carboxylic acid groups (broad SMARTS) is 2. The van der Waals surface area contributed by atoms with Crippen molar-refractivity contribution < 1.29 is 24.6 Å². The zero-order chi connectivity index (χ0) is 16.9. The van der Waals surface area contributed by atoms with Gasteiger partial charge in [0.25, 0.3) is 0 Å². The SMILES string of the molecule is CC(C)Cc1ccc(C(C)C(=O)O)cc1C(=O)CCC(=O)O. The van der Waals surface area contributed by atoms with Gasteiger partial charge in [-0.25, -0.2) is 0 Å². The van der Waals surface area contributed by atoms with E-state index in [4.69, 9.17) is 10.2 Å². The van der Waals surface area contributed by atoms with E-state index in [0.717, 1.165) is 5.56 Å². The van der Waals surface area contributed by atoms with Gasteiger partial charge in [0.15, 0.2) is 5.78 Å². The van der Waals surface area contributed by atoms with Crippen molar-refractivity contribution in [3.05, 3.63) is 34.9 Å². The molecule has 5 nitrogen and oxygen atoms in total. The van der Waals surface area contributed by atoms with E-state index in [9.17, 15) is 14.4 Å². The summed E-state index contributed by atoms with van der Waals surface area (Å²) in [7, 11) is 0. The summed E-state index contributed by atoms with van der Waals surface area (Å²) >= 11 is 0. The summed E-state index contributed by atoms with van der Waals surface area (Å²) in [6, 6.07) is 5.11. The van der Waals surface area contributed by atoms with Crippen LogP contribution in [0.1, 0.15) is 61.0 Å². The molecule has 22 heavy (non-hydrogen) atoms. The molecule has 0 radical (unpaired) electrons. The molecule has 0 fully saturated rings. The summed E-state index contributed by atoms with van der Waals surface area (Å²) in [4.78, 5) is 34.0. The molecule has 1 atom stereocenters.